The van der Waals surface area contributed by atoms with Crippen LogP contribution in [0.1, 0.15) is 5.56 Å². The average Bonchev–Trinajstić information content (AvgIpc) is 2.34. The second-order valence-electron chi connectivity index (χ2n) is 3.47. The summed E-state index contributed by atoms with van der Waals surface area (Å²) in [5.74, 6) is -2.24. The first kappa shape index (κ1) is 15.0. The molecule has 0 heterocycles. The maximum absolute atomic E-state index is 12.1. The van der Waals surface area contributed by atoms with E-state index in [0.29, 0.717) is 0 Å². The van der Waals surface area contributed by atoms with E-state index in [1.54, 1.807) is 0 Å². The maximum atomic E-state index is 12.1. The van der Waals surface area contributed by atoms with Crippen LogP contribution in [0.5, 0.6) is 5.75 Å². The average molecular weight is 276 g/mol. The van der Waals surface area contributed by atoms with Gasteiger partial charge < -0.3 is 15.8 Å². The first-order valence-corrected chi connectivity index (χ1v) is 5.18. The molecule has 8 heteroatoms. The van der Waals surface area contributed by atoms with Crippen LogP contribution in [0, 0.1) is 0 Å². The van der Waals surface area contributed by atoms with E-state index in [1.807, 2.05) is 0 Å². The van der Waals surface area contributed by atoms with Crippen molar-refractivity contribution in [3.63, 3.8) is 0 Å². The lowest BCUT2D eigenvalue weighted by atomic mass is 10.2. The minimum Gasteiger partial charge on any atom is -0.405 e. The minimum absolute atomic E-state index is 0.0954. The molecule has 104 valence electrons. The predicted octanol–water partition coefficient (Wildman–Crippen LogP) is 0.729. The highest BCUT2D eigenvalue weighted by Gasteiger charge is 2.32. The number of alkyl halides is 3. The van der Waals surface area contributed by atoms with Gasteiger partial charge in [0, 0.05) is 12.1 Å². The second kappa shape index (κ2) is 6.19. The number of ketones is 1. The van der Waals surface area contributed by atoms with Crippen molar-refractivity contribution in [3.05, 3.63) is 29.8 Å². The summed E-state index contributed by atoms with van der Waals surface area (Å²) in [6.07, 6.45) is -4.83. The van der Waals surface area contributed by atoms with Gasteiger partial charge in [0.25, 0.3) is 5.91 Å². The van der Waals surface area contributed by atoms with Crippen molar-refractivity contribution < 1.29 is 27.5 Å². The maximum Gasteiger partial charge on any atom is 0.573 e. The van der Waals surface area contributed by atoms with E-state index in [9.17, 15) is 22.8 Å². The number of para-hydroxylation sites is 1. The number of Topliss-reactive ketones (excluding diaryl/α,β-unsaturated/α-hetero) is 1. The molecular formula is C11H11F3N2O3. The molecular weight excluding hydrogens is 265 g/mol. The van der Waals surface area contributed by atoms with Crippen LogP contribution in [0.3, 0.4) is 0 Å². The van der Waals surface area contributed by atoms with Crippen LogP contribution in [0.2, 0.25) is 0 Å². The summed E-state index contributed by atoms with van der Waals surface area (Å²) in [7, 11) is 0. The number of hydrogen-bond donors (Lipinski definition) is 2. The molecule has 0 atom stereocenters. The standard InChI is InChI=1S/C11H11F3N2O3/c12-11(13,14)19-9-4-2-1-3-7(9)6-16-10(18)8(17)5-15/h1-4H,5-6,15H2,(H,16,18). The quantitative estimate of drug-likeness (QED) is 0.777. The minimum atomic E-state index is -4.83. The number of benzene rings is 1. The first-order valence-electron chi connectivity index (χ1n) is 5.18. The number of hydrogen-bond acceptors (Lipinski definition) is 4. The summed E-state index contributed by atoms with van der Waals surface area (Å²) in [6.45, 7) is -0.733. The van der Waals surface area contributed by atoms with Crippen molar-refractivity contribution >= 4 is 11.7 Å². The summed E-state index contributed by atoms with van der Waals surface area (Å²) in [5, 5.41) is 2.16. The molecule has 0 bridgehead atoms. The smallest absolute Gasteiger partial charge is 0.405 e. The summed E-state index contributed by atoms with van der Waals surface area (Å²) in [6, 6.07) is 5.29. The molecule has 1 aromatic carbocycles. The van der Waals surface area contributed by atoms with Gasteiger partial charge in [0.1, 0.15) is 5.75 Å². The third-order valence-electron chi connectivity index (χ3n) is 2.08. The molecule has 1 rings (SSSR count). The zero-order chi connectivity index (χ0) is 14.5. The van der Waals surface area contributed by atoms with E-state index in [2.05, 4.69) is 10.1 Å². The van der Waals surface area contributed by atoms with Gasteiger partial charge in [-0.3, -0.25) is 9.59 Å². The lowest BCUT2D eigenvalue weighted by Crippen LogP contribution is -2.35. The zero-order valence-electron chi connectivity index (χ0n) is 9.66. The molecule has 0 fully saturated rings. The molecule has 0 radical (unpaired) electrons. The third-order valence-corrected chi connectivity index (χ3v) is 2.08. The van der Waals surface area contributed by atoms with Gasteiger partial charge in [-0.05, 0) is 6.07 Å². The van der Waals surface area contributed by atoms with E-state index in [1.165, 1.54) is 18.2 Å². The molecule has 5 nitrogen and oxygen atoms in total. The molecule has 0 aliphatic rings. The predicted molar refractivity (Wildman–Crippen MR) is 59.0 cm³/mol. The van der Waals surface area contributed by atoms with Gasteiger partial charge in [0.15, 0.2) is 0 Å². The van der Waals surface area contributed by atoms with Crippen molar-refractivity contribution in [2.24, 2.45) is 5.73 Å². The van der Waals surface area contributed by atoms with Crippen LogP contribution in [-0.4, -0.2) is 24.6 Å². The number of halogens is 3. The Morgan fingerprint density at radius 3 is 2.47 bits per heavy atom. The highest BCUT2D eigenvalue weighted by atomic mass is 19.4. The Kier molecular flexibility index (Phi) is 4.87. The van der Waals surface area contributed by atoms with Crippen molar-refractivity contribution in [2.75, 3.05) is 6.54 Å². The van der Waals surface area contributed by atoms with Gasteiger partial charge in [-0.2, -0.15) is 0 Å². The molecule has 0 aliphatic carbocycles. The summed E-state index contributed by atoms with van der Waals surface area (Å²) < 4.78 is 40.2. The summed E-state index contributed by atoms with van der Waals surface area (Å²) in [5.41, 5.74) is 5.07. The Hall–Kier alpha value is -2.09. The number of carbonyl (C=O) groups is 2. The van der Waals surface area contributed by atoms with Crippen molar-refractivity contribution in [1.82, 2.24) is 5.32 Å². The Labute approximate surface area is 106 Å². The molecule has 0 aromatic heterocycles. The number of ether oxygens (including phenoxy) is 1. The second-order valence-corrected chi connectivity index (χ2v) is 3.47. The Morgan fingerprint density at radius 2 is 1.89 bits per heavy atom. The third kappa shape index (κ3) is 4.96. The molecule has 0 saturated heterocycles. The van der Waals surface area contributed by atoms with E-state index in [4.69, 9.17) is 5.73 Å². The fourth-order valence-corrected chi connectivity index (χ4v) is 1.24. The SMILES string of the molecule is NCC(=O)C(=O)NCc1ccccc1OC(F)(F)F. The molecule has 0 saturated carbocycles. The van der Waals surface area contributed by atoms with Crippen molar-refractivity contribution in [3.8, 4) is 5.75 Å². The van der Waals surface area contributed by atoms with Crippen LogP contribution >= 0.6 is 0 Å². The molecule has 0 spiro atoms. The lowest BCUT2D eigenvalue weighted by Gasteiger charge is -2.13. The van der Waals surface area contributed by atoms with Crippen molar-refractivity contribution in [1.29, 1.82) is 0 Å². The number of rotatable bonds is 5. The fraction of sp³-hybridized carbons (Fsp3) is 0.273. The highest BCUT2D eigenvalue weighted by molar-refractivity contribution is 6.36. The molecule has 19 heavy (non-hydrogen) atoms. The van der Waals surface area contributed by atoms with Gasteiger partial charge in [0.2, 0.25) is 5.78 Å². The van der Waals surface area contributed by atoms with E-state index in [0.717, 1.165) is 6.07 Å². The normalized spacial score (nSPS) is 10.9. The van der Waals surface area contributed by atoms with Crippen molar-refractivity contribution in [2.45, 2.75) is 12.9 Å². The van der Waals surface area contributed by atoms with Crippen LogP contribution in [0.25, 0.3) is 0 Å². The first-order chi connectivity index (χ1) is 8.83. The largest absolute Gasteiger partial charge is 0.573 e. The number of nitrogens with two attached hydrogens (primary N) is 1. The van der Waals surface area contributed by atoms with Crippen LogP contribution in [-0.2, 0) is 16.1 Å². The number of carbonyl (C=O) groups excluding carboxylic acids is 2. The highest BCUT2D eigenvalue weighted by Crippen LogP contribution is 2.25. The van der Waals surface area contributed by atoms with E-state index >= 15 is 0 Å². The van der Waals surface area contributed by atoms with Gasteiger partial charge >= 0.3 is 6.36 Å². The van der Waals surface area contributed by atoms with Gasteiger partial charge in [0.05, 0.1) is 6.54 Å². The van der Waals surface area contributed by atoms with Gasteiger partial charge in [-0.15, -0.1) is 13.2 Å². The molecule has 0 aliphatic heterocycles. The monoisotopic (exact) mass is 276 g/mol. The van der Waals surface area contributed by atoms with Crippen LogP contribution in [0.15, 0.2) is 24.3 Å². The Balaban J connectivity index is 2.73. The number of amides is 1. The van der Waals surface area contributed by atoms with E-state index in [-0.39, 0.29) is 12.1 Å². The van der Waals surface area contributed by atoms with Crippen LogP contribution in [0.4, 0.5) is 13.2 Å². The number of nitrogens with one attached hydrogen (secondary N) is 1. The topological polar surface area (TPSA) is 81.4 Å². The summed E-state index contributed by atoms with van der Waals surface area (Å²) >= 11 is 0. The van der Waals surface area contributed by atoms with Gasteiger partial charge in [-0.1, -0.05) is 18.2 Å². The molecule has 1 amide bonds. The van der Waals surface area contributed by atoms with E-state index < -0.39 is 30.3 Å². The molecule has 1 aromatic rings. The Bertz CT molecular complexity index is 474. The fourth-order valence-electron chi connectivity index (χ4n) is 1.24. The summed E-state index contributed by atoms with van der Waals surface area (Å²) in [4.78, 5) is 22.0. The Morgan fingerprint density at radius 1 is 1.26 bits per heavy atom. The van der Waals surface area contributed by atoms with Crippen LogP contribution < -0.4 is 15.8 Å². The lowest BCUT2D eigenvalue weighted by molar-refractivity contribution is -0.274. The molecule has 3 N–H and O–H groups in total. The zero-order valence-corrected chi connectivity index (χ0v) is 9.66. The molecule has 0 unspecified atom stereocenters. The van der Waals surface area contributed by atoms with Gasteiger partial charge in [-0.25, -0.2) is 0 Å².